The predicted molar refractivity (Wildman–Crippen MR) is 97.9 cm³/mol. The van der Waals surface area contributed by atoms with E-state index in [1.807, 2.05) is 24.3 Å². The topological polar surface area (TPSA) is 77.1 Å². The molecule has 0 saturated heterocycles. The van der Waals surface area contributed by atoms with Gasteiger partial charge in [-0.1, -0.05) is 0 Å². The number of carbonyl (C=O) groups excluding carboxylic acids is 2. The van der Waals surface area contributed by atoms with Crippen molar-refractivity contribution in [2.24, 2.45) is 0 Å². The summed E-state index contributed by atoms with van der Waals surface area (Å²) in [5, 5.41) is 2.75. The Morgan fingerprint density at radius 1 is 0.962 bits per heavy atom. The minimum Gasteiger partial charge on any atom is -0.497 e. The third-order valence-electron chi connectivity index (χ3n) is 3.66. The molecule has 0 bridgehead atoms. The molecule has 0 atom stereocenters. The quantitative estimate of drug-likeness (QED) is 0.770. The van der Waals surface area contributed by atoms with Crippen LogP contribution in [-0.4, -0.2) is 51.3 Å². The van der Waals surface area contributed by atoms with E-state index in [0.29, 0.717) is 30.2 Å². The van der Waals surface area contributed by atoms with Crippen molar-refractivity contribution in [2.75, 3.05) is 39.7 Å². The maximum atomic E-state index is 12.2. The summed E-state index contributed by atoms with van der Waals surface area (Å²) in [5.74, 6) is 1.04. The number of rotatable bonds is 7. The largest absolute Gasteiger partial charge is 0.497 e. The van der Waals surface area contributed by atoms with Crippen LogP contribution in [0.2, 0.25) is 0 Å². The van der Waals surface area contributed by atoms with Crippen LogP contribution in [0.25, 0.3) is 0 Å². The first kappa shape index (κ1) is 19.1. The number of urea groups is 1. The third-order valence-corrected chi connectivity index (χ3v) is 3.66. The van der Waals surface area contributed by atoms with Gasteiger partial charge in [0, 0.05) is 12.7 Å². The average molecular weight is 358 g/mol. The lowest BCUT2D eigenvalue weighted by Gasteiger charge is -2.18. The Labute approximate surface area is 152 Å². The summed E-state index contributed by atoms with van der Waals surface area (Å²) >= 11 is 0. The van der Waals surface area contributed by atoms with Crippen molar-refractivity contribution in [3.63, 3.8) is 0 Å². The van der Waals surface area contributed by atoms with E-state index in [0.717, 1.165) is 5.75 Å². The molecule has 0 aliphatic carbocycles. The number of anilines is 1. The smallest absolute Gasteiger partial charge is 0.337 e. The predicted octanol–water partition coefficient (Wildman–Crippen LogP) is 3.02. The minimum atomic E-state index is -0.421. The SMILES string of the molecule is COC(=O)c1ccc(NC(=O)N(C)CCOc2ccc(OC)cc2)cc1. The summed E-state index contributed by atoms with van der Waals surface area (Å²) < 4.78 is 15.3. The zero-order valence-corrected chi connectivity index (χ0v) is 15.0. The second-order valence-electron chi connectivity index (χ2n) is 5.44. The summed E-state index contributed by atoms with van der Waals surface area (Å²) in [7, 11) is 4.60. The standard InChI is InChI=1S/C19H22N2O5/c1-21(12-13-26-17-10-8-16(24-2)9-11-17)19(23)20-15-6-4-14(5-7-15)18(22)25-3/h4-11H,12-13H2,1-3H3,(H,20,23). The molecule has 0 unspecified atom stereocenters. The van der Waals surface area contributed by atoms with Gasteiger partial charge in [-0.2, -0.15) is 0 Å². The number of carbonyl (C=O) groups is 2. The van der Waals surface area contributed by atoms with E-state index in [4.69, 9.17) is 9.47 Å². The van der Waals surface area contributed by atoms with Crippen LogP contribution in [0.4, 0.5) is 10.5 Å². The monoisotopic (exact) mass is 358 g/mol. The fourth-order valence-electron chi connectivity index (χ4n) is 2.10. The van der Waals surface area contributed by atoms with E-state index in [1.54, 1.807) is 38.4 Å². The van der Waals surface area contributed by atoms with E-state index in [-0.39, 0.29) is 6.03 Å². The van der Waals surface area contributed by atoms with Gasteiger partial charge in [-0.15, -0.1) is 0 Å². The van der Waals surface area contributed by atoms with Crippen LogP contribution in [0, 0.1) is 0 Å². The van der Waals surface area contributed by atoms with Gasteiger partial charge in [0.2, 0.25) is 0 Å². The number of hydrogen-bond donors (Lipinski definition) is 1. The van der Waals surface area contributed by atoms with Gasteiger partial charge in [-0.25, -0.2) is 9.59 Å². The second kappa shape index (κ2) is 9.31. The highest BCUT2D eigenvalue weighted by Gasteiger charge is 2.10. The number of likely N-dealkylation sites (N-methyl/N-ethyl adjacent to an activating group) is 1. The molecule has 26 heavy (non-hydrogen) atoms. The summed E-state index contributed by atoms with van der Waals surface area (Å²) in [4.78, 5) is 25.1. The fraction of sp³-hybridized carbons (Fsp3) is 0.263. The van der Waals surface area contributed by atoms with Gasteiger partial charge in [-0.3, -0.25) is 0 Å². The molecule has 0 saturated carbocycles. The second-order valence-corrected chi connectivity index (χ2v) is 5.44. The lowest BCUT2D eigenvalue weighted by atomic mass is 10.2. The molecule has 0 aromatic heterocycles. The molecule has 2 amide bonds. The molecule has 0 aliphatic rings. The Hall–Kier alpha value is -3.22. The Kier molecular flexibility index (Phi) is 6.84. The van der Waals surface area contributed by atoms with Gasteiger partial charge >= 0.3 is 12.0 Å². The molecular formula is C19H22N2O5. The first-order valence-electron chi connectivity index (χ1n) is 8.01. The molecule has 0 heterocycles. The van der Waals surface area contributed by atoms with Gasteiger partial charge in [0.25, 0.3) is 0 Å². The van der Waals surface area contributed by atoms with Crippen LogP contribution < -0.4 is 14.8 Å². The fourth-order valence-corrected chi connectivity index (χ4v) is 2.10. The van der Waals surface area contributed by atoms with Crippen molar-refractivity contribution < 1.29 is 23.8 Å². The van der Waals surface area contributed by atoms with E-state index < -0.39 is 5.97 Å². The summed E-state index contributed by atoms with van der Waals surface area (Å²) in [6.07, 6.45) is 0. The molecule has 2 aromatic carbocycles. The Morgan fingerprint density at radius 2 is 1.58 bits per heavy atom. The molecular weight excluding hydrogens is 336 g/mol. The molecule has 7 nitrogen and oxygen atoms in total. The van der Waals surface area contributed by atoms with Crippen LogP contribution in [0.1, 0.15) is 10.4 Å². The molecule has 0 fully saturated rings. The number of benzene rings is 2. The Bertz CT molecular complexity index is 729. The number of hydrogen-bond acceptors (Lipinski definition) is 5. The van der Waals surface area contributed by atoms with Crippen molar-refractivity contribution >= 4 is 17.7 Å². The average Bonchev–Trinajstić information content (AvgIpc) is 2.68. The Balaban J connectivity index is 1.78. The normalized spacial score (nSPS) is 9.96. The highest BCUT2D eigenvalue weighted by molar-refractivity contribution is 5.92. The number of methoxy groups -OCH3 is 2. The molecule has 7 heteroatoms. The van der Waals surface area contributed by atoms with E-state index >= 15 is 0 Å². The van der Waals surface area contributed by atoms with Crippen molar-refractivity contribution in [1.29, 1.82) is 0 Å². The maximum Gasteiger partial charge on any atom is 0.337 e. The van der Waals surface area contributed by atoms with E-state index in [9.17, 15) is 9.59 Å². The van der Waals surface area contributed by atoms with Gasteiger partial charge in [0.15, 0.2) is 0 Å². The highest BCUT2D eigenvalue weighted by atomic mass is 16.5. The zero-order chi connectivity index (χ0) is 18.9. The van der Waals surface area contributed by atoms with Crippen LogP contribution >= 0.6 is 0 Å². The summed E-state index contributed by atoms with van der Waals surface area (Å²) in [6.45, 7) is 0.773. The van der Waals surface area contributed by atoms with Crippen LogP contribution in [0.5, 0.6) is 11.5 Å². The van der Waals surface area contributed by atoms with Gasteiger partial charge < -0.3 is 24.4 Å². The third kappa shape index (κ3) is 5.41. The molecule has 0 aliphatic heterocycles. The Morgan fingerprint density at radius 3 is 2.15 bits per heavy atom. The molecule has 0 radical (unpaired) electrons. The minimum absolute atomic E-state index is 0.269. The highest BCUT2D eigenvalue weighted by Crippen LogP contribution is 2.17. The van der Waals surface area contributed by atoms with Crippen LogP contribution in [-0.2, 0) is 4.74 Å². The lowest BCUT2D eigenvalue weighted by molar-refractivity contribution is 0.0600. The maximum absolute atomic E-state index is 12.2. The van der Waals surface area contributed by atoms with Gasteiger partial charge in [-0.05, 0) is 48.5 Å². The van der Waals surface area contributed by atoms with E-state index in [2.05, 4.69) is 10.1 Å². The molecule has 2 rings (SSSR count). The number of ether oxygens (including phenoxy) is 3. The summed E-state index contributed by atoms with van der Waals surface area (Å²) in [6, 6.07) is 13.4. The van der Waals surface area contributed by atoms with Crippen molar-refractivity contribution in [3.05, 3.63) is 54.1 Å². The number of esters is 1. The zero-order valence-electron chi connectivity index (χ0n) is 15.0. The molecule has 0 spiro atoms. The first-order valence-corrected chi connectivity index (χ1v) is 8.01. The van der Waals surface area contributed by atoms with Gasteiger partial charge in [0.1, 0.15) is 18.1 Å². The van der Waals surface area contributed by atoms with Crippen LogP contribution in [0.15, 0.2) is 48.5 Å². The molecule has 138 valence electrons. The van der Waals surface area contributed by atoms with E-state index in [1.165, 1.54) is 12.0 Å². The number of nitrogens with zero attached hydrogens (tertiary/aromatic N) is 1. The molecule has 2 aromatic rings. The van der Waals surface area contributed by atoms with Crippen molar-refractivity contribution in [1.82, 2.24) is 4.90 Å². The van der Waals surface area contributed by atoms with Crippen molar-refractivity contribution in [2.45, 2.75) is 0 Å². The van der Waals surface area contributed by atoms with Crippen LogP contribution in [0.3, 0.4) is 0 Å². The number of amides is 2. The molecule has 1 N–H and O–H groups in total. The van der Waals surface area contributed by atoms with Gasteiger partial charge in [0.05, 0.1) is 26.3 Å². The summed E-state index contributed by atoms with van der Waals surface area (Å²) in [5.41, 5.74) is 1.01. The lowest BCUT2D eigenvalue weighted by Crippen LogP contribution is -2.34. The first-order chi connectivity index (χ1) is 12.5. The number of nitrogens with one attached hydrogen (secondary N) is 1. The van der Waals surface area contributed by atoms with Crippen molar-refractivity contribution in [3.8, 4) is 11.5 Å².